The van der Waals surface area contributed by atoms with Gasteiger partial charge in [-0.25, -0.2) is 9.37 Å². The van der Waals surface area contributed by atoms with Crippen LogP contribution in [-0.2, 0) is 6.42 Å². The molecule has 1 N–H and O–H groups in total. The molecule has 0 atom stereocenters. The average Bonchev–Trinajstić information content (AvgIpc) is 2.33. The van der Waals surface area contributed by atoms with Crippen LogP contribution in [0.4, 0.5) is 10.2 Å². The van der Waals surface area contributed by atoms with E-state index in [1.54, 1.807) is 18.6 Å². The molecule has 0 aromatic carbocycles. The normalized spacial score (nSPS) is 10.2. The summed E-state index contributed by atoms with van der Waals surface area (Å²) in [5.41, 5.74) is 1.11. The van der Waals surface area contributed by atoms with Gasteiger partial charge in [-0.15, -0.1) is 0 Å². The first kappa shape index (κ1) is 12.0. The fourth-order valence-corrected chi connectivity index (χ4v) is 1.72. The third-order valence-electron chi connectivity index (χ3n) is 2.24. The lowest BCUT2D eigenvalue weighted by molar-refractivity contribution is 0.623. The van der Waals surface area contributed by atoms with Crippen molar-refractivity contribution in [3.8, 4) is 0 Å². The number of hydrogen-bond donors (Lipinski definition) is 1. The molecule has 0 saturated heterocycles. The van der Waals surface area contributed by atoms with Crippen LogP contribution in [-0.4, -0.2) is 16.5 Å². The maximum atomic E-state index is 13.4. The first-order chi connectivity index (χ1) is 8.25. The zero-order valence-corrected chi connectivity index (χ0v) is 10.6. The molecule has 0 unspecified atom stereocenters. The molecule has 2 rings (SSSR count). The van der Waals surface area contributed by atoms with Crippen LogP contribution in [0, 0.1) is 5.82 Å². The van der Waals surface area contributed by atoms with Gasteiger partial charge in [-0.1, -0.05) is 6.07 Å². The van der Waals surface area contributed by atoms with Crippen LogP contribution >= 0.6 is 15.9 Å². The molecular weight excluding hydrogens is 285 g/mol. The highest BCUT2D eigenvalue weighted by molar-refractivity contribution is 9.10. The molecular formula is C12H11BrFN3. The highest BCUT2D eigenvalue weighted by atomic mass is 79.9. The van der Waals surface area contributed by atoms with Crippen LogP contribution in [0.5, 0.6) is 0 Å². The maximum absolute atomic E-state index is 13.4. The standard InChI is InChI=1S/C12H11BrFN3/c13-10-6-11(14)12(17-8-10)16-5-3-9-2-1-4-15-7-9/h1-2,4,6-8H,3,5H2,(H,16,17). The van der Waals surface area contributed by atoms with E-state index < -0.39 is 0 Å². The number of hydrogen-bond acceptors (Lipinski definition) is 3. The molecule has 0 spiro atoms. The Morgan fingerprint density at radius 1 is 1.35 bits per heavy atom. The molecule has 17 heavy (non-hydrogen) atoms. The van der Waals surface area contributed by atoms with Gasteiger partial charge in [0.15, 0.2) is 11.6 Å². The maximum Gasteiger partial charge on any atom is 0.166 e. The van der Waals surface area contributed by atoms with Gasteiger partial charge in [-0.2, -0.15) is 0 Å². The summed E-state index contributed by atoms with van der Waals surface area (Å²) in [7, 11) is 0. The Bertz CT molecular complexity index is 490. The van der Waals surface area contributed by atoms with Crippen LogP contribution in [0.25, 0.3) is 0 Å². The van der Waals surface area contributed by atoms with Crippen molar-refractivity contribution in [2.45, 2.75) is 6.42 Å². The highest BCUT2D eigenvalue weighted by Crippen LogP contribution is 2.15. The summed E-state index contributed by atoms with van der Waals surface area (Å²) < 4.78 is 14.0. The molecule has 0 aliphatic carbocycles. The first-order valence-corrected chi connectivity index (χ1v) is 5.99. The topological polar surface area (TPSA) is 37.8 Å². The van der Waals surface area contributed by atoms with Crippen molar-refractivity contribution in [3.63, 3.8) is 0 Å². The van der Waals surface area contributed by atoms with Crippen molar-refractivity contribution < 1.29 is 4.39 Å². The molecule has 5 heteroatoms. The van der Waals surface area contributed by atoms with Gasteiger partial charge in [0.1, 0.15) is 0 Å². The predicted octanol–water partition coefficient (Wildman–Crippen LogP) is 3.03. The average molecular weight is 296 g/mol. The van der Waals surface area contributed by atoms with Crippen LogP contribution in [0.15, 0.2) is 41.3 Å². The SMILES string of the molecule is Fc1cc(Br)cnc1NCCc1cccnc1. The first-order valence-electron chi connectivity index (χ1n) is 5.19. The Hall–Kier alpha value is -1.49. The second-order valence-electron chi connectivity index (χ2n) is 3.52. The van der Waals surface area contributed by atoms with Crippen LogP contribution in [0.2, 0.25) is 0 Å². The highest BCUT2D eigenvalue weighted by Gasteiger charge is 2.03. The van der Waals surface area contributed by atoms with Crippen molar-refractivity contribution in [3.05, 3.63) is 52.6 Å². The minimum absolute atomic E-state index is 0.275. The number of anilines is 1. The van der Waals surface area contributed by atoms with E-state index in [2.05, 4.69) is 31.2 Å². The molecule has 0 aliphatic rings. The molecule has 0 saturated carbocycles. The summed E-state index contributed by atoms with van der Waals surface area (Å²) in [6.45, 7) is 0.622. The van der Waals surface area contributed by atoms with Crippen molar-refractivity contribution in [2.24, 2.45) is 0 Å². The molecule has 0 aliphatic heterocycles. The molecule has 2 aromatic rings. The van der Waals surface area contributed by atoms with E-state index in [-0.39, 0.29) is 11.6 Å². The monoisotopic (exact) mass is 295 g/mol. The number of nitrogens with zero attached hydrogens (tertiary/aromatic N) is 2. The summed E-state index contributed by atoms with van der Waals surface area (Å²) in [5, 5.41) is 2.95. The summed E-state index contributed by atoms with van der Waals surface area (Å²) in [6, 6.07) is 5.26. The zero-order valence-electron chi connectivity index (χ0n) is 9.03. The van der Waals surface area contributed by atoms with E-state index >= 15 is 0 Å². The second-order valence-corrected chi connectivity index (χ2v) is 4.44. The molecule has 3 nitrogen and oxygen atoms in total. The molecule has 0 amide bonds. The summed E-state index contributed by atoms with van der Waals surface area (Å²) >= 11 is 3.16. The van der Waals surface area contributed by atoms with E-state index in [9.17, 15) is 4.39 Å². The lowest BCUT2D eigenvalue weighted by atomic mass is 10.2. The van der Waals surface area contributed by atoms with Gasteiger partial charge in [0.05, 0.1) is 0 Å². The van der Waals surface area contributed by atoms with Crippen molar-refractivity contribution in [1.82, 2.24) is 9.97 Å². The molecule has 2 aromatic heterocycles. The summed E-state index contributed by atoms with van der Waals surface area (Å²) in [5.74, 6) is -0.0809. The van der Waals surface area contributed by atoms with E-state index in [1.807, 2.05) is 12.1 Å². The Morgan fingerprint density at radius 2 is 2.24 bits per heavy atom. The fraction of sp³-hybridized carbons (Fsp3) is 0.167. The van der Waals surface area contributed by atoms with Crippen molar-refractivity contribution in [1.29, 1.82) is 0 Å². The zero-order chi connectivity index (χ0) is 12.1. The van der Waals surface area contributed by atoms with Gasteiger partial charge in [-0.05, 0) is 40.0 Å². The van der Waals surface area contributed by atoms with Gasteiger partial charge in [-0.3, -0.25) is 4.98 Å². The summed E-state index contributed by atoms with van der Waals surface area (Å²) in [4.78, 5) is 7.98. The molecule has 88 valence electrons. The number of aromatic nitrogens is 2. The van der Waals surface area contributed by atoms with E-state index in [0.717, 1.165) is 12.0 Å². The Morgan fingerprint density at radius 3 is 2.94 bits per heavy atom. The molecule has 0 bridgehead atoms. The minimum atomic E-state index is -0.356. The van der Waals surface area contributed by atoms with Gasteiger partial charge >= 0.3 is 0 Å². The lowest BCUT2D eigenvalue weighted by Crippen LogP contribution is -2.08. The number of nitrogens with one attached hydrogen (secondary N) is 1. The van der Waals surface area contributed by atoms with Gasteiger partial charge < -0.3 is 5.32 Å². The van der Waals surface area contributed by atoms with Crippen LogP contribution in [0.1, 0.15) is 5.56 Å². The Labute approximate surface area is 107 Å². The van der Waals surface area contributed by atoms with E-state index in [4.69, 9.17) is 0 Å². The van der Waals surface area contributed by atoms with Crippen LogP contribution < -0.4 is 5.32 Å². The third-order valence-corrected chi connectivity index (χ3v) is 2.67. The molecule has 2 heterocycles. The Balaban J connectivity index is 1.90. The number of halogens is 2. The quantitative estimate of drug-likeness (QED) is 0.942. The van der Waals surface area contributed by atoms with Gasteiger partial charge in [0.25, 0.3) is 0 Å². The molecule has 0 fully saturated rings. The lowest BCUT2D eigenvalue weighted by Gasteiger charge is -2.06. The third kappa shape index (κ3) is 3.49. The van der Waals surface area contributed by atoms with E-state index in [0.29, 0.717) is 11.0 Å². The summed E-state index contributed by atoms with van der Waals surface area (Å²) in [6.07, 6.45) is 5.88. The number of pyridine rings is 2. The van der Waals surface area contributed by atoms with Gasteiger partial charge in [0.2, 0.25) is 0 Å². The second kappa shape index (κ2) is 5.72. The van der Waals surface area contributed by atoms with Crippen molar-refractivity contribution >= 4 is 21.7 Å². The predicted molar refractivity (Wildman–Crippen MR) is 68.3 cm³/mol. The largest absolute Gasteiger partial charge is 0.367 e. The molecule has 0 radical (unpaired) electrons. The van der Waals surface area contributed by atoms with Crippen LogP contribution in [0.3, 0.4) is 0 Å². The minimum Gasteiger partial charge on any atom is -0.367 e. The smallest absolute Gasteiger partial charge is 0.166 e. The van der Waals surface area contributed by atoms with Crippen molar-refractivity contribution in [2.75, 3.05) is 11.9 Å². The Kier molecular flexibility index (Phi) is 4.03. The van der Waals surface area contributed by atoms with E-state index in [1.165, 1.54) is 6.07 Å². The van der Waals surface area contributed by atoms with Gasteiger partial charge in [0, 0.05) is 29.6 Å². The number of rotatable bonds is 4. The fourth-order valence-electron chi connectivity index (χ4n) is 1.42.